The lowest BCUT2D eigenvalue weighted by molar-refractivity contribution is 0.00578. The van der Waals surface area contributed by atoms with E-state index in [4.69, 9.17) is 14.0 Å². The van der Waals surface area contributed by atoms with Gasteiger partial charge in [0.1, 0.15) is 5.60 Å². The van der Waals surface area contributed by atoms with E-state index in [0.717, 1.165) is 5.56 Å². The molecule has 0 spiro atoms. The number of alkyl carbamates (subject to hydrolysis) is 1. The average Bonchev–Trinajstić information content (AvgIpc) is 3.09. The van der Waals surface area contributed by atoms with Gasteiger partial charge in [0.2, 0.25) is 10.0 Å². The highest BCUT2D eigenvalue weighted by molar-refractivity contribution is 7.89. The van der Waals surface area contributed by atoms with E-state index in [2.05, 4.69) is 5.32 Å². The van der Waals surface area contributed by atoms with E-state index in [1.807, 2.05) is 71.9 Å². The maximum Gasteiger partial charge on any atom is 0.494 e. The fourth-order valence-corrected chi connectivity index (χ4v) is 6.17. The lowest BCUT2D eigenvalue weighted by Gasteiger charge is -2.32. The molecule has 9 nitrogen and oxygen atoms in total. The molecule has 1 amide bonds. The predicted molar refractivity (Wildman–Crippen MR) is 165 cm³/mol. The fourth-order valence-electron chi connectivity index (χ4n) is 4.55. The van der Waals surface area contributed by atoms with Crippen LogP contribution in [-0.4, -0.2) is 73.1 Å². The van der Waals surface area contributed by atoms with Gasteiger partial charge in [0.15, 0.2) is 0 Å². The summed E-state index contributed by atoms with van der Waals surface area (Å²) in [6, 6.07) is 15.1. The predicted octanol–water partition coefficient (Wildman–Crippen LogP) is 4.13. The molecule has 11 heteroatoms. The van der Waals surface area contributed by atoms with Crippen molar-refractivity contribution in [2.24, 2.45) is 5.92 Å². The summed E-state index contributed by atoms with van der Waals surface area (Å²) in [5, 5.41) is 14.2. The van der Waals surface area contributed by atoms with E-state index >= 15 is 0 Å². The normalized spacial score (nSPS) is 18.2. The van der Waals surface area contributed by atoms with Crippen LogP contribution in [0.15, 0.2) is 59.5 Å². The van der Waals surface area contributed by atoms with Crippen LogP contribution >= 0.6 is 0 Å². The Hall–Kier alpha value is -2.44. The second kappa shape index (κ2) is 13.1. The van der Waals surface area contributed by atoms with Gasteiger partial charge in [-0.05, 0) is 84.0 Å². The topological polar surface area (TPSA) is 114 Å². The Kier molecular flexibility index (Phi) is 10.6. The zero-order valence-corrected chi connectivity index (χ0v) is 27.2. The summed E-state index contributed by atoms with van der Waals surface area (Å²) in [5.41, 5.74) is -0.167. The van der Waals surface area contributed by atoms with Gasteiger partial charge in [0.25, 0.3) is 0 Å². The summed E-state index contributed by atoms with van der Waals surface area (Å²) in [5.74, 6) is -0.0117. The number of carbonyl (C=O) groups excluding carboxylic acids is 1. The van der Waals surface area contributed by atoms with Crippen molar-refractivity contribution in [1.82, 2.24) is 9.62 Å². The number of nitrogens with zero attached hydrogens (tertiary/aromatic N) is 1. The number of benzene rings is 2. The van der Waals surface area contributed by atoms with Crippen molar-refractivity contribution in [3.63, 3.8) is 0 Å². The number of aliphatic hydroxyl groups is 1. The van der Waals surface area contributed by atoms with E-state index in [1.165, 1.54) is 16.4 Å². The molecule has 1 aliphatic rings. The molecule has 0 bridgehead atoms. The minimum Gasteiger partial charge on any atom is -0.444 e. The van der Waals surface area contributed by atoms with Gasteiger partial charge in [-0.25, -0.2) is 13.2 Å². The number of rotatable bonds is 11. The van der Waals surface area contributed by atoms with Crippen molar-refractivity contribution in [3.8, 4) is 0 Å². The Morgan fingerprint density at radius 1 is 0.976 bits per heavy atom. The lowest BCUT2D eigenvalue weighted by Crippen LogP contribution is -2.52. The molecule has 232 valence electrons. The van der Waals surface area contributed by atoms with E-state index in [1.54, 1.807) is 32.9 Å². The summed E-state index contributed by atoms with van der Waals surface area (Å²) in [6.07, 6.45) is -1.60. The largest absolute Gasteiger partial charge is 0.494 e. The van der Waals surface area contributed by atoms with Crippen LogP contribution in [0.2, 0.25) is 0 Å². The quantitative estimate of drug-likeness (QED) is 0.372. The molecular formula is C31H47BN2O7S. The van der Waals surface area contributed by atoms with Crippen LogP contribution in [0.1, 0.15) is 67.9 Å². The van der Waals surface area contributed by atoms with Crippen LogP contribution in [0.5, 0.6) is 0 Å². The number of aliphatic hydroxyl groups excluding tert-OH is 1. The molecule has 0 aromatic heterocycles. The van der Waals surface area contributed by atoms with Gasteiger partial charge in [-0.15, -0.1) is 0 Å². The number of hydrogen-bond donors (Lipinski definition) is 2. The number of amides is 1. The molecule has 2 aromatic rings. The molecule has 0 aliphatic carbocycles. The van der Waals surface area contributed by atoms with Gasteiger partial charge in [-0.1, -0.05) is 56.3 Å². The number of ether oxygens (including phenoxy) is 1. The summed E-state index contributed by atoms with van der Waals surface area (Å²) < 4.78 is 46.7. The molecule has 1 aliphatic heterocycles. The van der Waals surface area contributed by atoms with E-state index < -0.39 is 52.2 Å². The first-order chi connectivity index (χ1) is 19.3. The van der Waals surface area contributed by atoms with Crippen LogP contribution in [-0.2, 0) is 30.5 Å². The van der Waals surface area contributed by atoms with E-state index in [-0.39, 0.29) is 23.9 Å². The van der Waals surface area contributed by atoms with Crippen molar-refractivity contribution in [2.45, 2.75) is 103 Å². The summed E-state index contributed by atoms with van der Waals surface area (Å²) in [7, 11) is -4.61. The third-order valence-corrected chi connectivity index (χ3v) is 9.31. The molecule has 0 unspecified atom stereocenters. The second-order valence-corrected chi connectivity index (χ2v) is 15.3. The number of hydrogen-bond acceptors (Lipinski definition) is 7. The van der Waals surface area contributed by atoms with Crippen LogP contribution in [0.4, 0.5) is 4.79 Å². The van der Waals surface area contributed by atoms with Gasteiger partial charge in [0, 0.05) is 13.1 Å². The van der Waals surface area contributed by atoms with Crippen molar-refractivity contribution in [3.05, 3.63) is 60.2 Å². The SMILES string of the molecule is CC(C)CN(C[C@@H](O)[C@H](Cc1ccccc1)NC(=O)OC(C)(C)C)S(=O)(=O)c1ccc(B2OC(C)(C)C(C)(C)O2)cc1. The summed E-state index contributed by atoms with van der Waals surface area (Å²) in [6.45, 7) is 16.9. The first-order valence-corrected chi connectivity index (χ1v) is 15.9. The van der Waals surface area contributed by atoms with E-state index in [9.17, 15) is 18.3 Å². The van der Waals surface area contributed by atoms with Gasteiger partial charge < -0.3 is 24.5 Å². The van der Waals surface area contributed by atoms with Gasteiger partial charge >= 0.3 is 13.2 Å². The maximum atomic E-state index is 13.9. The minimum absolute atomic E-state index is 0.0117. The van der Waals surface area contributed by atoms with Crippen molar-refractivity contribution < 1.29 is 32.4 Å². The Balaban J connectivity index is 1.84. The van der Waals surface area contributed by atoms with Crippen LogP contribution < -0.4 is 10.8 Å². The van der Waals surface area contributed by atoms with Crippen molar-refractivity contribution >= 4 is 28.7 Å². The van der Waals surface area contributed by atoms with Gasteiger partial charge in [-0.3, -0.25) is 0 Å². The van der Waals surface area contributed by atoms with Crippen molar-refractivity contribution in [1.29, 1.82) is 0 Å². The molecule has 42 heavy (non-hydrogen) atoms. The molecule has 3 rings (SSSR count). The fraction of sp³-hybridized carbons (Fsp3) is 0.581. The maximum absolute atomic E-state index is 13.9. The highest BCUT2D eigenvalue weighted by atomic mass is 32.2. The molecule has 2 aromatic carbocycles. The van der Waals surface area contributed by atoms with E-state index in [0.29, 0.717) is 11.9 Å². The number of carbonyl (C=O) groups is 1. The average molecular weight is 603 g/mol. The Morgan fingerprint density at radius 2 is 1.52 bits per heavy atom. The molecule has 2 atom stereocenters. The Morgan fingerprint density at radius 3 is 2.02 bits per heavy atom. The molecule has 0 radical (unpaired) electrons. The smallest absolute Gasteiger partial charge is 0.444 e. The van der Waals surface area contributed by atoms with Crippen LogP contribution in [0, 0.1) is 5.92 Å². The van der Waals surface area contributed by atoms with Crippen LogP contribution in [0.25, 0.3) is 0 Å². The summed E-state index contributed by atoms with van der Waals surface area (Å²) in [4.78, 5) is 12.8. The van der Waals surface area contributed by atoms with Crippen LogP contribution in [0.3, 0.4) is 0 Å². The second-order valence-electron chi connectivity index (χ2n) is 13.4. The Bertz CT molecular complexity index is 1280. The third kappa shape index (κ3) is 8.80. The third-order valence-electron chi connectivity index (χ3n) is 7.47. The number of sulfonamides is 1. The molecule has 2 N–H and O–H groups in total. The lowest BCUT2D eigenvalue weighted by atomic mass is 9.79. The minimum atomic E-state index is -3.99. The molecule has 1 saturated heterocycles. The van der Waals surface area contributed by atoms with Crippen molar-refractivity contribution in [2.75, 3.05) is 13.1 Å². The van der Waals surface area contributed by atoms with Gasteiger partial charge in [-0.2, -0.15) is 4.31 Å². The standard InChI is InChI=1S/C31H47BN2O7S/c1-22(2)20-34(21-27(35)26(19-23-13-11-10-12-14-23)33-28(36)39-29(3,4)5)42(37,38)25-17-15-24(16-18-25)32-40-30(6,7)31(8,9)41-32/h10-18,22,26-27,35H,19-21H2,1-9H3,(H,33,36)/t26-,27+/m0/s1. The molecule has 1 heterocycles. The highest BCUT2D eigenvalue weighted by Gasteiger charge is 2.51. The molecule has 0 saturated carbocycles. The molecular weight excluding hydrogens is 555 g/mol. The molecule has 1 fully saturated rings. The highest BCUT2D eigenvalue weighted by Crippen LogP contribution is 2.36. The van der Waals surface area contributed by atoms with Gasteiger partial charge in [0.05, 0.1) is 28.2 Å². The first kappa shape index (κ1) is 34.1. The monoisotopic (exact) mass is 602 g/mol. The number of nitrogens with one attached hydrogen (secondary N) is 1. The zero-order valence-electron chi connectivity index (χ0n) is 26.4. The first-order valence-electron chi connectivity index (χ1n) is 14.5. The Labute approximate surface area is 252 Å². The zero-order chi connectivity index (χ0) is 31.5. The summed E-state index contributed by atoms with van der Waals surface area (Å²) >= 11 is 0.